The molecule has 1 aromatic rings. The molecule has 0 nitrogen and oxygen atoms in total. The third-order valence-corrected chi connectivity index (χ3v) is 2.36. The van der Waals surface area contributed by atoms with E-state index in [4.69, 9.17) is 0 Å². The van der Waals surface area contributed by atoms with Crippen molar-refractivity contribution in [2.75, 3.05) is 0 Å². The molecule has 0 bridgehead atoms. The fourth-order valence-electron chi connectivity index (χ4n) is 0.758. The van der Waals surface area contributed by atoms with Crippen LogP contribution in [0.3, 0.4) is 0 Å². The second-order valence-electron chi connectivity index (χ2n) is 2.10. The molecule has 0 spiro atoms. The van der Waals surface area contributed by atoms with Crippen molar-refractivity contribution < 1.29 is 0 Å². The molecule has 0 aromatic carbocycles. The molecule has 0 atom stereocenters. The molecular formula is C7H10S. The maximum absolute atomic E-state index is 2.22. The third kappa shape index (κ3) is 0.920. The fourth-order valence-corrected chi connectivity index (χ4v) is 1.70. The average molecular weight is 126 g/mol. The van der Waals surface area contributed by atoms with E-state index in [1.54, 1.807) is 0 Å². The highest BCUT2D eigenvalue weighted by molar-refractivity contribution is 7.12. The van der Waals surface area contributed by atoms with Crippen LogP contribution in [0.1, 0.15) is 15.3 Å². The van der Waals surface area contributed by atoms with Crippen LogP contribution in [-0.4, -0.2) is 0 Å². The van der Waals surface area contributed by atoms with Crippen LogP contribution in [-0.2, 0) is 0 Å². The zero-order chi connectivity index (χ0) is 6.15. The first-order chi connectivity index (χ1) is 3.70. The van der Waals surface area contributed by atoms with E-state index in [0.717, 1.165) is 0 Å². The molecule has 1 heteroatoms. The Morgan fingerprint density at radius 2 is 1.88 bits per heavy atom. The summed E-state index contributed by atoms with van der Waals surface area (Å²) in [6, 6.07) is 2.22. The largest absolute Gasteiger partial charge is 0.146 e. The van der Waals surface area contributed by atoms with Crippen LogP contribution >= 0.6 is 11.3 Å². The van der Waals surface area contributed by atoms with Gasteiger partial charge in [0.2, 0.25) is 0 Å². The van der Waals surface area contributed by atoms with Crippen molar-refractivity contribution in [1.82, 2.24) is 0 Å². The van der Waals surface area contributed by atoms with Gasteiger partial charge < -0.3 is 0 Å². The van der Waals surface area contributed by atoms with Gasteiger partial charge in [0.05, 0.1) is 0 Å². The molecule has 0 amide bonds. The highest BCUT2D eigenvalue weighted by atomic mass is 32.1. The molecule has 0 saturated carbocycles. The van der Waals surface area contributed by atoms with Crippen LogP contribution in [0.5, 0.6) is 0 Å². The third-order valence-electron chi connectivity index (χ3n) is 1.29. The molecule has 1 heterocycles. The molecule has 1 aromatic heterocycles. The first kappa shape index (κ1) is 5.83. The van der Waals surface area contributed by atoms with Crippen molar-refractivity contribution in [3.63, 3.8) is 0 Å². The van der Waals surface area contributed by atoms with Crippen molar-refractivity contribution in [3.8, 4) is 0 Å². The standard InChI is InChI=1S/C7H10S/c1-5-4-6(2)8-7(5)3/h4H,1-3H3. The van der Waals surface area contributed by atoms with Gasteiger partial charge in [-0.25, -0.2) is 0 Å². The van der Waals surface area contributed by atoms with Gasteiger partial charge in [0.15, 0.2) is 0 Å². The minimum atomic E-state index is 1.42. The quantitative estimate of drug-likeness (QED) is 0.501. The van der Waals surface area contributed by atoms with E-state index >= 15 is 0 Å². The molecule has 0 radical (unpaired) electrons. The summed E-state index contributed by atoms with van der Waals surface area (Å²) in [5, 5.41) is 0. The lowest BCUT2D eigenvalue weighted by Gasteiger charge is -1.79. The summed E-state index contributed by atoms with van der Waals surface area (Å²) in [5.41, 5.74) is 1.42. The van der Waals surface area contributed by atoms with Crippen molar-refractivity contribution in [2.45, 2.75) is 20.8 Å². The maximum atomic E-state index is 2.22. The number of hydrogen-bond acceptors (Lipinski definition) is 1. The first-order valence-electron chi connectivity index (χ1n) is 2.74. The smallest absolute Gasteiger partial charge is 0.00462 e. The lowest BCUT2D eigenvalue weighted by atomic mass is 10.3. The van der Waals surface area contributed by atoms with E-state index < -0.39 is 0 Å². The Labute approximate surface area is 54.2 Å². The van der Waals surface area contributed by atoms with Crippen molar-refractivity contribution >= 4 is 11.3 Å². The Kier molecular flexibility index (Phi) is 1.39. The maximum Gasteiger partial charge on any atom is 0.00462 e. The summed E-state index contributed by atoms with van der Waals surface area (Å²) in [4.78, 5) is 2.86. The number of thiophene rings is 1. The van der Waals surface area contributed by atoms with Crippen LogP contribution in [0.2, 0.25) is 0 Å². The molecule has 0 aliphatic rings. The Morgan fingerprint density at radius 3 is 2.00 bits per heavy atom. The van der Waals surface area contributed by atoms with Crippen LogP contribution in [0.4, 0.5) is 0 Å². The van der Waals surface area contributed by atoms with Gasteiger partial charge in [0, 0.05) is 9.75 Å². The lowest BCUT2D eigenvalue weighted by Crippen LogP contribution is -1.62. The summed E-state index contributed by atoms with van der Waals surface area (Å²) >= 11 is 1.87. The van der Waals surface area contributed by atoms with Crippen LogP contribution in [0.25, 0.3) is 0 Å². The average Bonchev–Trinajstić information content (AvgIpc) is 1.85. The monoisotopic (exact) mass is 126 g/mol. The molecule has 0 unspecified atom stereocenters. The van der Waals surface area contributed by atoms with Gasteiger partial charge in [-0.1, -0.05) is 0 Å². The zero-order valence-corrected chi connectivity index (χ0v) is 6.30. The highest BCUT2D eigenvalue weighted by Crippen LogP contribution is 2.18. The molecule has 0 fully saturated rings. The van der Waals surface area contributed by atoms with Crippen LogP contribution < -0.4 is 0 Å². The molecule has 0 aliphatic heterocycles. The van der Waals surface area contributed by atoms with E-state index in [1.165, 1.54) is 15.3 Å². The number of rotatable bonds is 0. The van der Waals surface area contributed by atoms with E-state index in [-0.39, 0.29) is 0 Å². The molecule has 8 heavy (non-hydrogen) atoms. The minimum Gasteiger partial charge on any atom is -0.146 e. The number of hydrogen-bond donors (Lipinski definition) is 0. The summed E-state index contributed by atoms with van der Waals surface area (Å²) in [6.07, 6.45) is 0. The lowest BCUT2D eigenvalue weighted by molar-refractivity contribution is 1.43. The normalized spacial score (nSPS) is 9.88. The Hall–Kier alpha value is -0.300. The Morgan fingerprint density at radius 1 is 1.25 bits per heavy atom. The minimum absolute atomic E-state index is 1.42. The van der Waals surface area contributed by atoms with Crippen LogP contribution in [0.15, 0.2) is 6.07 Å². The predicted octanol–water partition coefficient (Wildman–Crippen LogP) is 2.67. The number of aryl methyl sites for hydroxylation is 3. The molecule has 44 valence electrons. The molecular weight excluding hydrogens is 116 g/mol. The molecule has 0 saturated heterocycles. The molecule has 1 rings (SSSR count). The Bertz CT molecular complexity index is 167. The summed E-state index contributed by atoms with van der Waals surface area (Å²) in [6.45, 7) is 6.45. The highest BCUT2D eigenvalue weighted by Gasteiger charge is 1.93. The van der Waals surface area contributed by atoms with Gasteiger partial charge in [-0.2, -0.15) is 0 Å². The van der Waals surface area contributed by atoms with Gasteiger partial charge in [-0.05, 0) is 32.4 Å². The van der Waals surface area contributed by atoms with Gasteiger partial charge in [0.1, 0.15) is 0 Å². The summed E-state index contributed by atoms with van der Waals surface area (Å²) in [7, 11) is 0. The van der Waals surface area contributed by atoms with Gasteiger partial charge in [0.25, 0.3) is 0 Å². The summed E-state index contributed by atoms with van der Waals surface area (Å²) < 4.78 is 0. The van der Waals surface area contributed by atoms with Gasteiger partial charge in [-0.15, -0.1) is 11.3 Å². The molecule has 0 N–H and O–H groups in total. The van der Waals surface area contributed by atoms with Crippen molar-refractivity contribution in [2.24, 2.45) is 0 Å². The SMILES string of the molecule is Cc1cc(C)c(C)s1. The van der Waals surface area contributed by atoms with E-state index in [0.29, 0.717) is 0 Å². The van der Waals surface area contributed by atoms with Crippen LogP contribution in [0, 0.1) is 20.8 Å². The predicted molar refractivity (Wildman–Crippen MR) is 38.5 cm³/mol. The van der Waals surface area contributed by atoms with Gasteiger partial charge >= 0.3 is 0 Å². The Balaban J connectivity index is 3.14. The second kappa shape index (κ2) is 1.90. The fraction of sp³-hybridized carbons (Fsp3) is 0.429. The first-order valence-corrected chi connectivity index (χ1v) is 3.55. The van der Waals surface area contributed by atoms with E-state index in [1.807, 2.05) is 11.3 Å². The van der Waals surface area contributed by atoms with E-state index in [2.05, 4.69) is 26.8 Å². The van der Waals surface area contributed by atoms with Gasteiger partial charge in [-0.3, -0.25) is 0 Å². The van der Waals surface area contributed by atoms with E-state index in [9.17, 15) is 0 Å². The van der Waals surface area contributed by atoms with Crippen molar-refractivity contribution in [1.29, 1.82) is 0 Å². The second-order valence-corrected chi connectivity index (χ2v) is 3.56. The molecule has 0 aliphatic carbocycles. The van der Waals surface area contributed by atoms with Crippen molar-refractivity contribution in [3.05, 3.63) is 21.4 Å². The zero-order valence-electron chi connectivity index (χ0n) is 5.49. The topological polar surface area (TPSA) is 0 Å². The summed E-state index contributed by atoms with van der Waals surface area (Å²) in [5.74, 6) is 0.